The molecular weight excluding hydrogens is 253 g/mol. The molecule has 0 fully saturated rings. The molecule has 7 heteroatoms. The van der Waals surface area contributed by atoms with Gasteiger partial charge in [0.2, 0.25) is 0 Å². The maximum absolute atomic E-state index is 13.0. The van der Waals surface area contributed by atoms with Crippen molar-refractivity contribution in [2.24, 2.45) is 0 Å². The molecule has 0 aliphatic rings. The van der Waals surface area contributed by atoms with Crippen LogP contribution in [-0.2, 0) is 0 Å². The fourth-order valence-electron chi connectivity index (χ4n) is 1.10. The van der Waals surface area contributed by atoms with E-state index >= 15 is 0 Å². The van der Waals surface area contributed by atoms with E-state index < -0.39 is 5.82 Å². The van der Waals surface area contributed by atoms with Crippen molar-refractivity contribution in [2.45, 2.75) is 0 Å². The predicted octanol–water partition coefficient (Wildman–Crippen LogP) is 3.86. The topological polar surface area (TPSA) is 17.8 Å². The largest absolute Gasteiger partial charge is 0.244 e. The van der Waals surface area contributed by atoms with Gasteiger partial charge in [-0.05, 0) is 0 Å². The van der Waals surface area contributed by atoms with Crippen LogP contribution in [0.4, 0.5) is 8.28 Å². The summed E-state index contributed by atoms with van der Waals surface area (Å²) in [5.41, 5.74) is 0.607. The molecule has 0 aliphatic heterocycles. The Hall–Kier alpha value is -0.520. The first-order chi connectivity index (χ1) is 6.63. The molecule has 0 saturated carbocycles. The molecule has 74 valence electrons. The Balaban J connectivity index is 2.82. The molecule has 0 N–H and O–H groups in total. The summed E-state index contributed by atoms with van der Waals surface area (Å²) in [6.07, 6.45) is 0. The second-order valence-electron chi connectivity index (χ2n) is 2.50. The number of halogens is 4. The summed E-state index contributed by atoms with van der Waals surface area (Å²) in [4.78, 5) is 3.71. The van der Waals surface area contributed by atoms with E-state index in [1.54, 1.807) is 0 Å². The fraction of sp³-hybridized carbons (Fsp3) is 0. The summed E-state index contributed by atoms with van der Waals surface area (Å²) in [7, 11) is 0. The summed E-state index contributed by atoms with van der Waals surface area (Å²) in [6.45, 7) is 0. The summed E-state index contributed by atoms with van der Waals surface area (Å²) in [5, 5.41) is -0.128. The Morgan fingerprint density at radius 2 is 2.07 bits per heavy atom. The molecule has 0 bridgehead atoms. The van der Waals surface area contributed by atoms with Gasteiger partial charge in [0, 0.05) is 12.1 Å². The average molecular weight is 255 g/mol. The third-order valence-corrected chi connectivity index (χ3v) is 2.85. The van der Waals surface area contributed by atoms with Gasteiger partial charge in [0.05, 0.1) is 11.0 Å². The van der Waals surface area contributed by atoms with Crippen molar-refractivity contribution in [1.29, 1.82) is 0 Å². The van der Waals surface area contributed by atoms with Crippen LogP contribution in [0, 0.1) is 5.82 Å². The Morgan fingerprint density at radius 3 is 2.71 bits per heavy atom. The standard InChI is InChI=1S/C7H2Cl2F2N2S/c8-6-2-4-5(13(6)14-11)1-3(10)7(9)12-4/h1-2H. The molecule has 0 radical (unpaired) electrons. The van der Waals surface area contributed by atoms with Crippen molar-refractivity contribution in [3.05, 3.63) is 28.3 Å². The maximum atomic E-state index is 13.0. The third kappa shape index (κ3) is 1.45. The highest BCUT2D eigenvalue weighted by Gasteiger charge is 2.12. The van der Waals surface area contributed by atoms with E-state index in [2.05, 4.69) is 4.98 Å². The number of nitrogens with zero attached hydrogens (tertiary/aromatic N) is 2. The molecule has 0 amide bonds. The minimum Gasteiger partial charge on any atom is -0.244 e. The van der Waals surface area contributed by atoms with Crippen LogP contribution in [0.1, 0.15) is 0 Å². The van der Waals surface area contributed by atoms with Crippen LogP contribution in [0.2, 0.25) is 10.3 Å². The Kier molecular flexibility index (Phi) is 2.55. The zero-order valence-electron chi connectivity index (χ0n) is 6.47. The Morgan fingerprint density at radius 1 is 1.36 bits per heavy atom. The van der Waals surface area contributed by atoms with Gasteiger partial charge in [0.1, 0.15) is 5.15 Å². The summed E-state index contributed by atoms with van der Waals surface area (Å²) < 4.78 is 26.4. The molecule has 14 heavy (non-hydrogen) atoms. The molecule has 0 saturated heterocycles. The second-order valence-corrected chi connectivity index (χ2v) is 3.74. The first-order valence-corrected chi connectivity index (χ1v) is 4.88. The van der Waals surface area contributed by atoms with Gasteiger partial charge in [-0.25, -0.2) is 13.3 Å². The lowest BCUT2D eigenvalue weighted by atomic mass is 10.4. The van der Waals surface area contributed by atoms with E-state index in [-0.39, 0.29) is 28.2 Å². The monoisotopic (exact) mass is 254 g/mol. The highest BCUT2D eigenvalue weighted by Crippen LogP contribution is 2.29. The highest BCUT2D eigenvalue weighted by molar-refractivity contribution is 7.93. The van der Waals surface area contributed by atoms with Crippen LogP contribution in [0.25, 0.3) is 11.0 Å². The third-order valence-electron chi connectivity index (χ3n) is 1.68. The number of hydrogen-bond donors (Lipinski definition) is 0. The molecule has 2 nitrogen and oxygen atoms in total. The lowest BCUT2D eigenvalue weighted by Crippen LogP contribution is -1.86. The number of rotatable bonds is 1. The average Bonchev–Trinajstić information content (AvgIpc) is 2.42. The minimum atomic E-state index is -0.704. The lowest BCUT2D eigenvalue weighted by Gasteiger charge is -1.98. The van der Waals surface area contributed by atoms with Gasteiger partial charge >= 0.3 is 0 Å². The number of aromatic nitrogens is 2. The lowest BCUT2D eigenvalue weighted by molar-refractivity contribution is 0.624. The van der Waals surface area contributed by atoms with E-state index in [0.717, 1.165) is 10.0 Å². The van der Waals surface area contributed by atoms with Gasteiger partial charge in [-0.1, -0.05) is 23.2 Å². The first-order valence-electron chi connectivity index (χ1n) is 3.45. The molecule has 0 spiro atoms. The molecule has 2 aromatic heterocycles. The minimum absolute atomic E-state index is 0.119. The van der Waals surface area contributed by atoms with Crippen LogP contribution >= 0.6 is 35.5 Å². The number of fused-ring (bicyclic) bond motifs is 1. The molecule has 0 aromatic carbocycles. The normalized spacial score (nSPS) is 11.1. The smallest absolute Gasteiger partial charge is 0.171 e. The first kappa shape index (κ1) is 10.0. The SMILES string of the molecule is FSn1c(Cl)cc2nc(Cl)c(F)cc21. The van der Waals surface area contributed by atoms with Crippen molar-refractivity contribution in [3.8, 4) is 0 Å². The van der Waals surface area contributed by atoms with Crippen LogP contribution < -0.4 is 0 Å². The van der Waals surface area contributed by atoms with Crippen LogP contribution in [0.15, 0.2) is 12.1 Å². The molecule has 0 unspecified atom stereocenters. The molecule has 2 aromatic rings. The predicted molar refractivity (Wildman–Crippen MR) is 53.8 cm³/mol. The molecule has 2 rings (SSSR count). The van der Waals surface area contributed by atoms with Crippen LogP contribution in [0.3, 0.4) is 0 Å². The van der Waals surface area contributed by atoms with Gasteiger partial charge in [-0.15, -0.1) is 3.89 Å². The van der Waals surface area contributed by atoms with Crippen LogP contribution in [-0.4, -0.2) is 8.96 Å². The Labute approximate surface area is 92.2 Å². The Bertz CT molecular complexity index is 500. The van der Waals surface area contributed by atoms with Gasteiger partial charge in [0.25, 0.3) is 0 Å². The van der Waals surface area contributed by atoms with E-state index in [1.165, 1.54) is 6.07 Å². The maximum Gasteiger partial charge on any atom is 0.171 e. The van der Waals surface area contributed by atoms with Gasteiger partial charge in [0.15, 0.2) is 23.3 Å². The fourth-order valence-corrected chi connectivity index (χ4v) is 1.85. The molecule has 0 atom stereocenters. The van der Waals surface area contributed by atoms with Crippen LogP contribution in [0.5, 0.6) is 0 Å². The van der Waals surface area contributed by atoms with E-state index in [4.69, 9.17) is 23.2 Å². The zero-order chi connectivity index (χ0) is 10.3. The molecular formula is C7H2Cl2F2N2S. The van der Waals surface area contributed by atoms with Crippen molar-refractivity contribution < 1.29 is 8.28 Å². The summed E-state index contributed by atoms with van der Waals surface area (Å²) in [6, 6.07) is 2.50. The van der Waals surface area contributed by atoms with Gasteiger partial charge < -0.3 is 0 Å². The molecule has 2 heterocycles. The summed E-state index contributed by atoms with van der Waals surface area (Å²) in [5.74, 6) is -0.704. The van der Waals surface area contributed by atoms with Crippen molar-refractivity contribution in [3.63, 3.8) is 0 Å². The van der Waals surface area contributed by atoms with Crippen molar-refractivity contribution >= 4 is 46.6 Å². The van der Waals surface area contributed by atoms with Gasteiger partial charge in [-0.2, -0.15) is 0 Å². The highest BCUT2D eigenvalue weighted by atomic mass is 35.5. The van der Waals surface area contributed by atoms with Crippen molar-refractivity contribution in [1.82, 2.24) is 8.96 Å². The van der Waals surface area contributed by atoms with Gasteiger partial charge in [-0.3, -0.25) is 0 Å². The summed E-state index contributed by atoms with van der Waals surface area (Å²) >= 11 is 11.0. The zero-order valence-corrected chi connectivity index (χ0v) is 8.80. The van der Waals surface area contributed by atoms with E-state index in [9.17, 15) is 8.28 Å². The van der Waals surface area contributed by atoms with Crippen molar-refractivity contribution in [2.75, 3.05) is 0 Å². The second kappa shape index (κ2) is 3.56. The number of pyridine rings is 1. The van der Waals surface area contributed by atoms with E-state index in [1.807, 2.05) is 0 Å². The quantitative estimate of drug-likeness (QED) is 0.720. The molecule has 0 aliphatic carbocycles. The van der Waals surface area contributed by atoms with E-state index in [0.29, 0.717) is 5.52 Å². The number of hydrogen-bond acceptors (Lipinski definition) is 2.